The molecule has 0 radical (unpaired) electrons. The second kappa shape index (κ2) is 6.49. The summed E-state index contributed by atoms with van der Waals surface area (Å²) in [7, 11) is -3.89. The molecule has 1 aromatic heterocycles. The summed E-state index contributed by atoms with van der Waals surface area (Å²) in [5, 5.41) is 0.389. The molecule has 0 atom stereocenters. The molecule has 1 aromatic carbocycles. The molecule has 4 N–H and O–H groups in total. The van der Waals surface area contributed by atoms with Crippen LogP contribution in [-0.2, 0) is 10.0 Å². The Morgan fingerprint density at radius 1 is 1.29 bits per heavy atom. The Morgan fingerprint density at radius 2 is 2.00 bits per heavy atom. The largest absolute Gasteiger partial charge is 0.307 e. The number of hydrogen-bond acceptors (Lipinski definition) is 5. The van der Waals surface area contributed by atoms with E-state index in [4.69, 9.17) is 17.4 Å². The Bertz CT molecular complexity index is 786. The van der Waals surface area contributed by atoms with E-state index in [0.717, 1.165) is 0 Å². The van der Waals surface area contributed by atoms with E-state index in [2.05, 4.69) is 47.0 Å². The van der Waals surface area contributed by atoms with Gasteiger partial charge in [0, 0.05) is 10.7 Å². The van der Waals surface area contributed by atoms with Gasteiger partial charge in [-0.25, -0.2) is 19.2 Å². The molecule has 0 fully saturated rings. The summed E-state index contributed by atoms with van der Waals surface area (Å²) in [5.41, 5.74) is 2.56. The van der Waals surface area contributed by atoms with Crippen LogP contribution < -0.4 is 16.0 Å². The fourth-order valence-electron chi connectivity index (χ4n) is 1.52. The number of pyridine rings is 1. The van der Waals surface area contributed by atoms with Gasteiger partial charge in [0.1, 0.15) is 4.90 Å². The molecule has 0 aliphatic carbocycles. The van der Waals surface area contributed by atoms with Crippen molar-refractivity contribution in [3.63, 3.8) is 0 Å². The topological polar surface area (TPSA) is 97.1 Å². The van der Waals surface area contributed by atoms with E-state index in [1.165, 1.54) is 12.3 Å². The van der Waals surface area contributed by atoms with Crippen molar-refractivity contribution < 1.29 is 8.42 Å². The zero-order chi connectivity index (χ0) is 15.6. The minimum Gasteiger partial charge on any atom is -0.307 e. The van der Waals surface area contributed by atoms with E-state index in [0.29, 0.717) is 19.7 Å². The Balaban J connectivity index is 2.48. The zero-order valence-corrected chi connectivity index (χ0v) is 15.0. The quantitative estimate of drug-likeness (QED) is 0.484. The lowest BCUT2D eigenvalue weighted by Crippen LogP contribution is -2.19. The van der Waals surface area contributed by atoms with Crippen LogP contribution >= 0.6 is 43.5 Å². The fourth-order valence-corrected chi connectivity index (χ4v) is 3.89. The first kappa shape index (κ1) is 16.5. The SMILES string of the molecule is NNc1ncc(Br)cc1S(=O)(=O)Nc1cccc(Cl)c1Br. The highest BCUT2D eigenvalue weighted by Gasteiger charge is 2.21. The van der Waals surface area contributed by atoms with E-state index >= 15 is 0 Å². The smallest absolute Gasteiger partial charge is 0.265 e. The number of nitrogens with zero attached hydrogens (tertiary/aromatic N) is 1. The minimum absolute atomic E-state index is 0.0313. The molecular formula is C11H9Br2ClN4O2S. The van der Waals surface area contributed by atoms with Crippen LogP contribution in [0.1, 0.15) is 0 Å². The lowest BCUT2D eigenvalue weighted by Gasteiger charge is -2.13. The summed E-state index contributed by atoms with van der Waals surface area (Å²) in [6.45, 7) is 0. The Hall–Kier alpha value is -0.870. The minimum atomic E-state index is -3.89. The molecule has 2 rings (SSSR count). The van der Waals surface area contributed by atoms with E-state index in [1.54, 1.807) is 18.2 Å². The summed E-state index contributed by atoms with van der Waals surface area (Å²) in [6.07, 6.45) is 1.43. The molecule has 0 aliphatic rings. The maximum atomic E-state index is 12.5. The summed E-state index contributed by atoms with van der Waals surface area (Å²) >= 11 is 12.3. The zero-order valence-electron chi connectivity index (χ0n) is 10.3. The number of halogens is 3. The van der Waals surface area contributed by atoms with Crippen molar-refractivity contribution in [2.75, 3.05) is 10.1 Å². The molecular weight excluding hydrogens is 447 g/mol. The molecule has 0 bridgehead atoms. The van der Waals surface area contributed by atoms with Gasteiger partial charge in [0.15, 0.2) is 5.82 Å². The van der Waals surface area contributed by atoms with Gasteiger partial charge in [-0.2, -0.15) is 0 Å². The van der Waals surface area contributed by atoms with E-state index in [-0.39, 0.29) is 10.7 Å². The van der Waals surface area contributed by atoms with Crippen molar-refractivity contribution in [2.24, 2.45) is 5.84 Å². The van der Waals surface area contributed by atoms with Gasteiger partial charge >= 0.3 is 0 Å². The summed E-state index contributed by atoms with van der Waals surface area (Å²) in [6, 6.07) is 6.24. The van der Waals surface area contributed by atoms with Gasteiger partial charge < -0.3 is 5.43 Å². The lowest BCUT2D eigenvalue weighted by molar-refractivity contribution is 0.601. The normalized spacial score (nSPS) is 11.2. The first-order chi connectivity index (χ1) is 9.85. The number of rotatable bonds is 4. The van der Waals surface area contributed by atoms with Crippen molar-refractivity contribution in [3.8, 4) is 0 Å². The van der Waals surface area contributed by atoms with Crippen LogP contribution in [0.4, 0.5) is 11.5 Å². The molecule has 2 aromatic rings. The molecule has 112 valence electrons. The molecule has 0 spiro atoms. The third-order valence-corrected chi connectivity index (χ3v) is 5.65. The van der Waals surface area contributed by atoms with Gasteiger partial charge in [0.25, 0.3) is 10.0 Å². The number of hydrazine groups is 1. The number of nitrogens with two attached hydrogens (primary N) is 1. The van der Waals surface area contributed by atoms with Gasteiger partial charge in [-0.05, 0) is 50.1 Å². The number of anilines is 2. The molecule has 0 aliphatic heterocycles. The molecule has 0 saturated heterocycles. The van der Waals surface area contributed by atoms with Gasteiger partial charge in [-0.3, -0.25) is 4.72 Å². The number of nitrogen functional groups attached to an aromatic ring is 1. The van der Waals surface area contributed by atoms with Crippen LogP contribution in [0.2, 0.25) is 5.02 Å². The van der Waals surface area contributed by atoms with Crippen LogP contribution in [0.25, 0.3) is 0 Å². The molecule has 6 nitrogen and oxygen atoms in total. The average Bonchev–Trinajstić information content (AvgIpc) is 2.44. The number of aromatic nitrogens is 1. The van der Waals surface area contributed by atoms with Crippen LogP contribution in [0, 0.1) is 0 Å². The Kier molecular flexibility index (Phi) is 5.10. The molecule has 1 heterocycles. The van der Waals surface area contributed by atoms with Crippen molar-refractivity contribution in [2.45, 2.75) is 4.90 Å². The molecule has 10 heteroatoms. The Labute approximate surface area is 143 Å². The first-order valence-electron chi connectivity index (χ1n) is 5.44. The highest BCUT2D eigenvalue weighted by atomic mass is 79.9. The second-order valence-corrected chi connectivity index (χ2v) is 7.62. The van der Waals surface area contributed by atoms with E-state index < -0.39 is 10.0 Å². The van der Waals surface area contributed by atoms with Crippen LogP contribution in [0.5, 0.6) is 0 Å². The van der Waals surface area contributed by atoms with Crippen molar-refractivity contribution in [3.05, 3.63) is 44.4 Å². The van der Waals surface area contributed by atoms with Crippen LogP contribution in [0.3, 0.4) is 0 Å². The number of hydrogen-bond donors (Lipinski definition) is 3. The average molecular weight is 457 g/mol. The molecule has 21 heavy (non-hydrogen) atoms. The predicted molar refractivity (Wildman–Crippen MR) is 89.7 cm³/mol. The van der Waals surface area contributed by atoms with E-state index in [1.807, 2.05) is 0 Å². The maximum absolute atomic E-state index is 12.5. The third-order valence-electron chi connectivity index (χ3n) is 2.44. The van der Waals surface area contributed by atoms with Gasteiger partial charge in [0.05, 0.1) is 15.2 Å². The van der Waals surface area contributed by atoms with Gasteiger partial charge in [-0.15, -0.1) is 0 Å². The molecule has 0 saturated carbocycles. The van der Waals surface area contributed by atoms with Gasteiger partial charge in [-0.1, -0.05) is 17.7 Å². The Morgan fingerprint density at radius 3 is 2.67 bits per heavy atom. The summed E-state index contributed by atoms with van der Waals surface area (Å²) < 4.78 is 28.3. The van der Waals surface area contributed by atoms with Crippen LogP contribution in [-0.4, -0.2) is 13.4 Å². The predicted octanol–water partition coefficient (Wildman–Crippen LogP) is 3.35. The highest BCUT2D eigenvalue weighted by Crippen LogP contribution is 2.32. The second-order valence-electron chi connectivity index (χ2n) is 3.85. The fraction of sp³-hybridized carbons (Fsp3) is 0. The van der Waals surface area contributed by atoms with Crippen molar-refractivity contribution >= 4 is 65.0 Å². The first-order valence-corrected chi connectivity index (χ1v) is 8.89. The standard InChI is InChI=1S/C11H9Br2ClN4O2S/c12-6-4-9(11(17-15)16-5-6)21(19,20)18-8-3-1-2-7(14)10(8)13/h1-5,18H,15H2,(H,16,17). The summed E-state index contributed by atoms with van der Waals surface area (Å²) in [4.78, 5) is 3.81. The van der Waals surface area contributed by atoms with E-state index in [9.17, 15) is 8.42 Å². The number of benzene rings is 1. The molecule has 0 amide bonds. The summed E-state index contributed by atoms with van der Waals surface area (Å²) in [5.74, 6) is 5.33. The third kappa shape index (κ3) is 3.67. The monoisotopic (exact) mass is 454 g/mol. The number of nitrogens with one attached hydrogen (secondary N) is 2. The van der Waals surface area contributed by atoms with Gasteiger partial charge in [0.2, 0.25) is 0 Å². The maximum Gasteiger partial charge on any atom is 0.265 e. The van der Waals surface area contributed by atoms with Crippen LogP contribution in [0.15, 0.2) is 44.3 Å². The molecule has 0 unspecified atom stereocenters. The highest BCUT2D eigenvalue weighted by molar-refractivity contribution is 9.11. The number of sulfonamides is 1. The van der Waals surface area contributed by atoms with Crippen molar-refractivity contribution in [1.29, 1.82) is 0 Å². The lowest BCUT2D eigenvalue weighted by atomic mass is 10.3. The van der Waals surface area contributed by atoms with Crippen molar-refractivity contribution in [1.82, 2.24) is 4.98 Å².